The Kier molecular flexibility index (Phi) is 8.80. The molecule has 37 heavy (non-hydrogen) atoms. The van der Waals surface area contributed by atoms with Gasteiger partial charge >= 0.3 is 0 Å². The molecule has 0 spiro atoms. The lowest BCUT2D eigenvalue weighted by atomic mass is 9.78. The van der Waals surface area contributed by atoms with Crippen molar-refractivity contribution in [2.24, 2.45) is 17.8 Å². The van der Waals surface area contributed by atoms with Gasteiger partial charge in [0.2, 0.25) is 0 Å². The Balaban J connectivity index is 1.74. The highest BCUT2D eigenvalue weighted by Crippen LogP contribution is 2.47. The van der Waals surface area contributed by atoms with Crippen molar-refractivity contribution >= 4 is 0 Å². The van der Waals surface area contributed by atoms with Gasteiger partial charge in [0.1, 0.15) is 5.75 Å². The van der Waals surface area contributed by atoms with E-state index < -0.39 is 0 Å². The minimum absolute atomic E-state index is 0.224. The van der Waals surface area contributed by atoms with Crippen LogP contribution in [0, 0.1) is 17.8 Å². The van der Waals surface area contributed by atoms with Crippen molar-refractivity contribution < 1.29 is 5.11 Å². The highest BCUT2D eigenvalue weighted by molar-refractivity contribution is 5.73. The third-order valence-corrected chi connectivity index (χ3v) is 8.67. The monoisotopic (exact) mass is 497 g/mol. The molecule has 3 aromatic rings. The number of phenolic OH excluding ortho intramolecular Hbond substituents is 1. The highest BCUT2D eigenvalue weighted by Gasteiger charge is 2.31. The molecule has 1 N–H and O–H groups in total. The first kappa shape index (κ1) is 27.5. The van der Waals surface area contributed by atoms with Gasteiger partial charge in [-0.3, -0.25) is 0 Å². The van der Waals surface area contributed by atoms with Crippen molar-refractivity contribution in [3.8, 4) is 16.9 Å². The van der Waals surface area contributed by atoms with E-state index in [-0.39, 0.29) is 5.92 Å². The fourth-order valence-electron chi connectivity index (χ4n) is 6.02. The van der Waals surface area contributed by atoms with Crippen LogP contribution < -0.4 is 0 Å². The molecule has 0 bridgehead atoms. The molecule has 0 saturated heterocycles. The lowest BCUT2D eigenvalue weighted by molar-refractivity contribution is 0.271. The largest absolute Gasteiger partial charge is 0.507 e. The van der Waals surface area contributed by atoms with Crippen molar-refractivity contribution in [1.82, 2.24) is 4.90 Å². The molecule has 0 aliphatic heterocycles. The van der Waals surface area contributed by atoms with Crippen LogP contribution in [0.1, 0.15) is 87.6 Å². The Morgan fingerprint density at radius 2 is 1.57 bits per heavy atom. The molecule has 1 aliphatic rings. The van der Waals surface area contributed by atoms with Gasteiger partial charge in [-0.2, -0.15) is 0 Å². The standard InChI is InChI=1S/C35H47NO/c1-23(2)18-27-19-29(22-36(7)17-16-25(5)24(3)4)35(37)34(20-27)33-21-28-12-8-9-14-31(28)32-15-11-10-13-30(32)26(33)6/h8-15,19-20,23-26,33,37H,16-18,21-22H2,1-7H3. The van der Waals surface area contributed by atoms with E-state index >= 15 is 0 Å². The van der Waals surface area contributed by atoms with Crippen LogP contribution in [-0.2, 0) is 19.4 Å². The highest BCUT2D eigenvalue weighted by atomic mass is 16.3. The third kappa shape index (κ3) is 6.29. The smallest absolute Gasteiger partial charge is 0.123 e. The summed E-state index contributed by atoms with van der Waals surface area (Å²) >= 11 is 0. The van der Waals surface area contributed by atoms with Crippen LogP contribution >= 0.6 is 0 Å². The van der Waals surface area contributed by atoms with E-state index in [0.717, 1.165) is 37.1 Å². The molecule has 0 radical (unpaired) electrons. The lowest BCUT2D eigenvalue weighted by Crippen LogP contribution is -2.22. The summed E-state index contributed by atoms with van der Waals surface area (Å²) < 4.78 is 0. The molecule has 3 aromatic carbocycles. The second kappa shape index (κ2) is 11.9. The molecule has 4 rings (SSSR count). The van der Waals surface area contributed by atoms with Crippen molar-refractivity contribution in [1.29, 1.82) is 0 Å². The van der Waals surface area contributed by atoms with Crippen LogP contribution in [0.3, 0.4) is 0 Å². The van der Waals surface area contributed by atoms with Crippen LogP contribution in [0.2, 0.25) is 0 Å². The number of aromatic hydroxyl groups is 1. The number of hydrogen-bond acceptors (Lipinski definition) is 2. The zero-order valence-electron chi connectivity index (χ0n) is 24.1. The van der Waals surface area contributed by atoms with E-state index in [2.05, 4.69) is 114 Å². The molecule has 0 aromatic heterocycles. The van der Waals surface area contributed by atoms with Gasteiger partial charge in [-0.1, -0.05) is 102 Å². The minimum atomic E-state index is 0.224. The Hall–Kier alpha value is -2.58. The summed E-state index contributed by atoms with van der Waals surface area (Å²) in [7, 11) is 2.20. The minimum Gasteiger partial charge on any atom is -0.507 e. The van der Waals surface area contributed by atoms with Crippen LogP contribution in [0.4, 0.5) is 0 Å². The molecule has 0 amide bonds. The maximum absolute atomic E-state index is 11.8. The average Bonchev–Trinajstić information content (AvgIpc) is 2.99. The van der Waals surface area contributed by atoms with Crippen LogP contribution in [0.5, 0.6) is 5.75 Å². The van der Waals surface area contributed by atoms with E-state index in [4.69, 9.17) is 0 Å². The van der Waals surface area contributed by atoms with Gasteiger partial charge < -0.3 is 10.0 Å². The van der Waals surface area contributed by atoms with Gasteiger partial charge in [0.15, 0.2) is 0 Å². The van der Waals surface area contributed by atoms with E-state index in [1.54, 1.807) is 0 Å². The van der Waals surface area contributed by atoms with E-state index in [1.807, 2.05) is 0 Å². The summed E-state index contributed by atoms with van der Waals surface area (Å²) in [5.74, 6) is 3.01. The Morgan fingerprint density at radius 1 is 0.892 bits per heavy atom. The molecule has 0 saturated carbocycles. The van der Waals surface area contributed by atoms with E-state index in [1.165, 1.54) is 34.2 Å². The van der Waals surface area contributed by atoms with Crippen molar-refractivity contribution in [3.05, 3.63) is 88.5 Å². The average molecular weight is 498 g/mol. The Morgan fingerprint density at radius 3 is 2.27 bits per heavy atom. The first-order chi connectivity index (χ1) is 17.7. The van der Waals surface area contributed by atoms with Crippen molar-refractivity contribution in [3.63, 3.8) is 0 Å². The second-order valence-electron chi connectivity index (χ2n) is 12.4. The molecule has 0 heterocycles. The molecular formula is C35H47NO. The van der Waals surface area contributed by atoms with Crippen molar-refractivity contribution in [2.45, 2.75) is 79.2 Å². The molecule has 2 nitrogen and oxygen atoms in total. The maximum atomic E-state index is 11.8. The fourth-order valence-corrected chi connectivity index (χ4v) is 6.02. The Bertz CT molecular complexity index is 1190. The number of phenols is 1. The molecule has 0 fully saturated rings. The number of fused-ring (bicyclic) bond motifs is 3. The van der Waals surface area contributed by atoms with Crippen LogP contribution in [0.25, 0.3) is 11.1 Å². The molecule has 2 heteroatoms. The molecular weight excluding hydrogens is 450 g/mol. The van der Waals surface area contributed by atoms with Gasteiger partial charge in [0.25, 0.3) is 0 Å². The summed E-state index contributed by atoms with van der Waals surface area (Å²) in [5.41, 5.74) is 8.98. The predicted octanol–water partition coefficient (Wildman–Crippen LogP) is 8.82. The summed E-state index contributed by atoms with van der Waals surface area (Å²) in [6.45, 7) is 15.7. The van der Waals surface area contributed by atoms with Gasteiger partial charge in [-0.05, 0) is 95.8 Å². The predicted molar refractivity (Wildman–Crippen MR) is 158 cm³/mol. The molecule has 198 valence electrons. The topological polar surface area (TPSA) is 23.5 Å². The second-order valence-corrected chi connectivity index (χ2v) is 12.4. The first-order valence-corrected chi connectivity index (χ1v) is 14.4. The quantitative estimate of drug-likeness (QED) is 0.319. The van der Waals surface area contributed by atoms with Gasteiger partial charge in [-0.15, -0.1) is 0 Å². The SMILES string of the molecule is CC(C)Cc1cc(CN(C)CCC(C)C(C)C)c(O)c(C2Cc3ccccc3-c3ccccc3C2C)c1. The summed E-state index contributed by atoms with van der Waals surface area (Å²) in [4.78, 5) is 2.39. The molecule has 3 unspecified atom stereocenters. The van der Waals surface area contributed by atoms with E-state index in [0.29, 0.717) is 29.4 Å². The normalized spacial score (nSPS) is 18.1. The zero-order valence-corrected chi connectivity index (χ0v) is 24.1. The number of nitrogens with zero attached hydrogens (tertiary/aromatic N) is 1. The third-order valence-electron chi connectivity index (χ3n) is 8.67. The van der Waals surface area contributed by atoms with Gasteiger partial charge in [0.05, 0.1) is 0 Å². The molecule has 1 aliphatic carbocycles. The lowest BCUT2D eigenvalue weighted by Gasteiger charge is -2.28. The fraction of sp³-hybridized carbons (Fsp3) is 0.486. The number of rotatable bonds is 9. The number of benzene rings is 3. The molecule has 3 atom stereocenters. The van der Waals surface area contributed by atoms with Crippen LogP contribution in [-0.4, -0.2) is 23.6 Å². The summed E-state index contributed by atoms with van der Waals surface area (Å²) in [6.07, 6.45) is 3.15. The van der Waals surface area contributed by atoms with Gasteiger partial charge in [-0.25, -0.2) is 0 Å². The summed E-state index contributed by atoms with van der Waals surface area (Å²) in [6, 6.07) is 22.3. The summed E-state index contributed by atoms with van der Waals surface area (Å²) in [5, 5.41) is 11.8. The van der Waals surface area contributed by atoms with E-state index in [9.17, 15) is 5.11 Å². The van der Waals surface area contributed by atoms with Crippen molar-refractivity contribution in [2.75, 3.05) is 13.6 Å². The maximum Gasteiger partial charge on any atom is 0.123 e. The Labute approximate surface area is 225 Å². The first-order valence-electron chi connectivity index (χ1n) is 14.4. The number of hydrogen-bond donors (Lipinski definition) is 1. The van der Waals surface area contributed by atoms with Gasteiger partial charge in [0, 0.05) is 12.1 Å². The van der Waals surface area contributed by atoms with Crippen LogP contribution in [0.15, 0.2) is 60.7 Å². The zero-order chi connectivity index (χ0) is 26.7.